The highest BCUT2D eigenvalue weighted by atomic mass is 79.9. The molecule has 0 aliphatic rings. The maximum Gasteiger partial charge on any atom is 0.573 e. The molecule has 1 aromatic rings. The third-order valence-corrected chi connectivity index (χ3v) is 1.93. The second-order valence-corrected chi connectivity index (χ2v) is 3.18. The Morgan fingerprint density at radius 2 is 1.86 bits per heavy atom. The van der Waals surface area contributed by atoms with Crippen LogP contribution in [-0.2, 0) is 0 Å². The van der Waals surface area contributed by atoms with E-state index in [9.17, 15) is 17.6 Å². The quantitative estimate of drug-likeness (QED) is 0.631. The highest BCUT2D eigenvalue weighted by molar-refractivity contribution is 9.10. The van der Waals surface area contributed by atoms with Crippen LogP contribution in [-0.4, -0.2) is 6.36 Å². The lowest BCUT2D eigenvalue weighted by atomic mass is 10.3. The first-order chi connectivity index (χ1) is 6.31. The van der Waals surface area contributed by atoms with E-state index >= 15 is 0 Å². The zero-order chi connectivity index (χ0) is 10.9. The summed E-state index contributed by atoms with van der Waals surface area (Å²) in [7, 11) is 0. The van der Waals surface area contributed by atoms with Crippen LogP contribution in [0.5, 0.6) is 5.75 Å². The fourth-order valence-electron chi connectivity index (χ4n) is 0.762. The van der Waals surface area contributed by atoms with Gasteiger partial charge >= 0.3 is 6.36 Å². The molecule has 2 N–H and O–H groups in total. The van der Waals surface area contributed by atoms with E-state index in [1.54, 1.807) is 0 Å². The van der Waals surface area contributed by atoms with Crippen molar-refractivity contribution in [2.24, 2.45) is 0 Å². The smallest absolute Gasteiger partial charge is 0.403 e. The van der Waals surface area contributed by atoms with Crippen LogP contribution in [0.2, 0.25) is 0 Å². The van der Waals surface area contributed by atoms with E-state index in [2.05, 4.69) is 20.7 Å². The molecule has 0 saturated carbocycles. The lowest BCUT2D eigenvalue weighted by molar-refractivity contribution is -0.274. The zero-order valence-corrected chi connectivity index (χ0v) is 8.12. The molecule has 0 spiro atoms. The molecule has 78 valence electrons. The van der Waals surface area contributed by atoms with Crippen LogP contribution in [0.15, 0.2) is 16.6 Å². The number of hydrogen-bond donors (Lipinski definition) is 1. The Balaban J connectivity index is 3.06. The van der Waals surface area contributed by atoms with Gasteiger partial charge < -0.3 is 10.5 Å². The van der Waals surface area contributed by atoms with E-state index in [1.165, 1.54) is 0 Å². The predicted molar refractivity (Wildman–Crippen MR) is 45.2 cm³/mol. The van der Waals surface area contributed by atoms with Gasteiger partial charge in [0.25, 0.3) is 0 Å². The number of anilines is 1. The molecule has 0 radical (unpaired) electrons. The lowest BCUT2D eigenvalue weighted by Crippen LogP contribution is -2.18. The van der Waals surface area contributed by atoms with Gasteiger partial charge in [0.2, 0.25) is 0 Å². The second-order valence-electron chi connectivity index (χ2n) is 2.32. The summed E-state index contributed by atoms with van der Waals surface area (Å²) in [5, 5.41) is 0. The van der Waals surface area contributed by atoms with Crippen molar-refractivity contribution in [1.29, 1.82) is 0 Å². The van der Waals surface area contributed by atoms with Crippen molar-refractivity contribution in [3.05, 3.63) is 22.4 Å². The maximum absolute atomic E-state index is 12.9. The summed E-state index contributed by atoms with van der Waals surface area (Å²) >= 11 is 2.77. The maximum atomic E-state index is 12.9. The lowest BCUT2D eigenvalue weighted by Gasteiger charge is -2.11. The average molecular weight is 274 g/mol. The van der Waals surface area contributed by atoms with Gasteiger partial charge in [-0.1, -0.05) is 0 Å². The molecule has 7 heteroatoms. The summed E-state index contributed by atoms with van der Waals surface area (Å²) in [6, 6.07) is 2.00. The molecule has 0 saturated heterocycles. The van der Waals surface area contributed by atoms with E-state index in [0.717, 1.165) is 12.1 Å². The first kappa shape index (κ1) is 11.1. The molecule has 0 aliphatic carbocycles. The molecule has 0 unspecified atom stereocenters. The van der Waals surface area contributed by atoms with Gasteiger partial charge in [0.05, 0.1) is 4.47 Å². The summed E-state index contributed by atoms with van der Waals surface area (Å²) in [5.41, 5.74) is 4.38. The van der Waals surface area contributed by atoms with Crippen molar-refractivity contribution >= 4 is 21.6 Å². The van der Waals surface area contributed by atoms with Crippen LogP contribution in [0.25, 0.3) is 0 Å². The molecule has 1 aromatic carbocycles. The topological polar surface area (TPSA) is 35.2 Å². The molecule has 0 aromatic heterocycles. The normalized spacial score (nSPS) is 11.5. The molecule has 0 aliphatic heterocycles. The summed E-state index contributed by atoms with van der Waals surface area (Å²) in [5.74, 6) is -1.73. The van der Waals surface area contributed by atoms with Gasteiger partial charge in [-0.25, -0.2) is 4.39 Å². The van der Waals surface area contributed by atoms with Crippen molar-refractivity contribution < 1.29 is 22.3 Å². The number of benzene rings is 1. The fourth-order valence-corrected chi connectivity index (χ4v) is 1.11. The van der Waals surface area contributed by atoms with E-state index < -0.39 is 23.6 Å². The van der Waals surface area contributed by atoms with Gasteiger partial charge in [-0.05, 0) is 28.1 Å². The Bertz CT molecular complexity index is 352. The van der Waals surface area contributed by atoms with E-state index in [1.807, 2.05) is 0 Å². The van der Waals surface area contributed by atoms with Crippen molar-refractivity contribution in [2.45, 2.75) is 6.36 Å². The number of halogens is 5. The third kappa shape index (κ3) is 2.50. The fraction of sp³-hybridized carbons (Fsp3) is 0.143. The summed E-state index contributed by atoms with van der Waals surface area (Å²) in [6.07, 6.45) is -4.88. The van der Waals surface area contributed by atoms with E-state index in [4.69, 9.17) is 5.73 Å². The number of nitrogens with two attached hydrogens (primary N) is 1. The van der Waals surface area contributed by atoms with Crippen molar-refractivity contribution in [3.63, 3.8) is 0 Å². The Morgan fingerprint density at radius 3 is 2.36 bits per heavy atom. The van der Waals surface area contributed by atoms with Crippen LogP contribution in [0.3, 0.4) is 0 Å². The van der Waals surface area contributed by atoms with Crippen LogP contribution < -0.4 is 10.5 Å². The molecule has 0 atom stereocenters. The largest absolute Gasteiger partial charge is 0.573 e. The molecule has 1 rings (SSSR count). The zero-order valence-electron chi connectivity index (χ0n) is 6.53. The second kappa shape index (κ2) is 3.64. The molecule has 0 amide bonds. The Kier molecular flexibility index (Phi) is 2.89. The Morgan fingerprint density at radius 1 is 1.29 bits per heavy atom. The van der Waals surface area contributed by atoms with E-state index in [-0.39, 0.29) is 4.47 Å². The SMILES string of the molecule is Nc1c(OC(F)(F)F)ccc(Br)c1F. The molecule has 0 fully saturated rings. The van der Waals surface area contributed by atoms with Crippen molar-refractivity contribution in [1.82, 2.24) is 0 Å². The summed E-state index contributed by atoms with van der Waals surface area (Å²) in [4.78, 5) is 0. The molecule has 0 bridgehead atoms. The molecular formula is C7H4BrF4NO. The van der Waals surface area contributed by atoms with Gasteiger partial charge in [0.1, 0.15) is 5.69 Å². The Hall–Kier alpha value is -0.980. The highest BCUT2D eigenvalue weighted by Crippen LogP contribution is 2.33. The summed E-state index contributed by atoms with van der Waals surface area (Å²) < 4.78 is 51.6. The first-order valence-electron chi connectivity index (χ1n) is 3.30. The number of rotatable bonds is 1. The van der Waals surface area contributed by atoms with Gasteiger partial charge in [-0.15, -0.1) is 13.2 Å². The van der Waals surface area contributed by atoms with Gasteiger partial charge in [0.15, 0.2) is 11.6 Å². The van der Waals surface area contributed by atoms with E-state index in [0.29, 0.717) is 0 Å². The van der Waals surface area contributed by atoms with Crippen LogP contribution in [0.4, 0.5) is 23.2 Å². The van der Waals surface area contributed by atoms with Crippen LogP contribution in [0, 0.1) is 5.82 Å². The monoisotopic (exact) mass is 273 g/mol. The number of hydrogen-bond acceptors (Lipinski definition) is 2. The minimum atomic E-state index is -4.88. The van der Waals surface area contributed by atoms with Gasteiger partial charge in [-0.2, -0.15) is 0 Å². The number of alkyl halides is 3. The minimum absolute atomic E-state index is 0.0236. The van der Waals surface area contributed by atoms with Crippen molar-refractivity contribution in [3.8, 4) is 5.75 Å². The number of nitrogen functional groups attached to an aromatic ring is 1. The number of ether oxygens (including phenoxy) is 1. The average Bonchev–Trinajstić information content (AvgIpc) is 2.04. The molecule has 2 nitrogen and oxygen atoms in total. The first-order valence-corrected chi connectivity index (χ1v) is 4.10. The standard InChI is InChI=1S/C7H4BrF4NO/c8-3-1-2-4(6(13)5(3)9)14-7(10,11)12/h1-2H,13H2. The minimum Gasteiger partial charge on any atom is -0.403 e. The summed E-state index contributed by atoms with van der Waals surface area (Å²) in [6.45, 7) is 0. The molecule has 0 heterocycles. The molecular weight excluding hydrogens is 270 g/mol. The Labute approximate surface area is 84.8 Å². The van der Waals surface area contributed by atoms with Crippen LogP contribution in [0.1, 0.15) is 0 Å². The highest BCUT2D eigenvalue weighted by Gasteiger charge is 2.32. The van der Waals surface area contributed by atoms with Gasteiger partial charge in [0, 0.05) is 0 Å². The van der Waals surface area contributed by atoms with Gasteiger partial charge in [-0.3, -0.25) is 0 Å². The molecule has 14 heavy (non-hydrogen) atoms. The van der Waals surface area contributed by atoms with Crippen molar-refractivity contribution in [2.75, 3.05) is 5.73 Å². The third-order valence-electron chi connectivity index (χ3n) is 1.32. The predicted octanol–water partition coefficient (Wildman–Crippen LogP) is 3.07. The van der Waals surface area contributed by atoms with Crippen LogP contribution >= 0.6 is 15.9 Å².